The number of anilines is 2. The van der Waals surface area contributed by atoms with Gasteiger partial charge in [0.1, 0.15) is 11.6 Å². The number of carbonyl (C=O) groups excluding carboxylic acids is 1. The molecule has 0 saturated carbocycles. The van der Waals surface area contributed by atoms with Gasteiger partial charge in [-0.15, -0.1) is 0 Å². The summed E-state index contributed by atoms with van der Waals surface area (Å²) in [4.78, 5) is 12.4. The first-order chi connectivity index (χ1) is 12.1. The van der Waals surface area contributed by atoms with E-state index in [1.54, 1.807) is 0 Å². The fourth-order valence-corrected chi connectivity index (χ4v) is 2.52. The molecule has 2 N–H and O–H groups in total. The van der Waals surface area contributed by atoms with E-state index in [2.05, 4.69) is 17.6 Å². The summed E-state index contributed by atoms with van der Waals surface area (Å²) in [5, 5.41) is 15.2. The van der Waals surface area contributed by atoms with Crippen molar-refractivity contribution >= 4 is 17.3 Å². The minimum atomic E-state index is -0.413. The quantitative estimate of drug-likeness (QED) is 0.601. The number of carbonyl (C=O) groups is 1. The van der Waals surface area contributed by atoms with Gasteiger partial charge in [0, 0.05) is 17.6 Å². The summed E-state index contributed by atoms with van der Waals surface area (Å²) in [6.45, 7) is 6.07. The summed E-state index contributed by atoms with van der Waals surface area (Å²) >= 11 is 0. The summed E-state index contributed by atoms with van der Waals surface area (Å²) in [7, 11) is 0. The lowest BCUT2D eigenvalue weighted by Gasteiger charge is -2.12. The van der Waals surface area contributed by atoms with Crippen LogP contribution in [0.2, 0.25) is 0 Å². The SMILES string of the molecule is CCc1ccc(N/C=C(/C#N)C(=O)Nc2c(C)cccc2CC)cc1. The standard InChI is InChI=1S/C21H23N3O/c1-4-16-9-11-19(12-10-16)23-14-18(13-22)21(25)24-20-15(3)7-6-8-17(20)5-2/h6-12,14,23H,4-5H2,1-3H3,(H,24,25)/b18-14-. The molecular weight excluding hydrogens is 310 g/mol. The second-order valence-electron chi connectivity index (χ2n) is 5.78. The average Bonchev–Trinajstić information content (AvgIpc) is 2.64. The third-order valence-corrected chi connectivity index (χ3v) is 4.09. The first-order valence-electron chi connectivity index (χ1n) is 8.44. The van der Waals surface area contributed by atoms with Crippen LogP contribution in [0.4, 0.5) is 11.4 Å². The normalized spacial score (nSPS) is 10.9. The Kier molecular flexibility index (Phi) is 6.36. The monoisotopic (exact) mass is 333 g/mol. The lowest BCUT2D eigenvalue weighted by molar-refractivity contribution is -0.112. The maximum atomic E-state index is 12.4. The molecule has 2 aromatic carbocycles. The van der Waals surface area contributed by atoms with Crippen molar-refractivity contribution in [2.75, 3.05) is 10.6 Å². The third-order valence-electron chi connectivity index (χ3n) is 4.09. The lowest BCUT2D eigenvalue weighted by atomic mass is 10.1. The largest absolute Gasteiger partial charge is 0.360 e. The Morgan fingerprint density at radius 3 is 2.44 bits per heavy atom. The molecule has 25 heavy (non-hydrogen) atoms. The molecule has 0 bridgehead atoms. The average molecular weight is 333 g/mol. The Morgan fingerprint density at radius 1 is 1.12 bits per heavy atom. The van der Waals surface area contributed by atoms with E-state index in [0.717, 1.165) is 35.3 Å². The van der Waals surface area contributed by atoms with Crippen LogP contribution < -0.4 is 10.6 Å². The Hall–Kier alpha value is -3.06. The predicted octanol–water partition coefficient (Wildman–Crippen LogP) is 4.58. The molecule has 0 fully saturated rings. The topological polar surface area (TPSA) is 64.9 Å². The molecule has 0 spiro atoms. The van der Waals surface area contributed by atoms with E-state index < -0.39 is 5.91 Å². The number of nitrogens with one attached hydrogen (secondary N) is 2. The van der Waals surface area contributed by atoms with Crippen molar-refractivity contribution < 1.29 is 4.79 Å². The number of para-hydroxylation sites is 1. The molecule has 0 aliphatic rings. The Labute approximate surface area is 149 Å². The van der Waals surface area contributed by atoms with Crippen LogP contribution in [-0.2, 0) is 17.6 Å². The smallest absolute Gasteiger partial charge is 0.267 e. The highest BCUT2D eigenvalue weighted by atomic mass is 16.1. The number of hydrogen-bond acceptors (Lipinski definition) is 3. The zero-order valence-electron chi connectivity index (χ0n) is 14.9. The molecule has 0 radical (unpaired) electrons. The van der Waals surface area contributed by atoms with E-state index in [4.69, 9.17) is 0 Å². The lowest BCUT2D eigenvalue weighted by Crippen LogP contribution is -2.16. The fraction of sp³-hybridized carbons (Fsp3) is 0.238. The minimum Gasteiger partial charge on any atom is -0.360 e. The van der Waals surface area contributed by atoms with Crippen LogP contribution in [0.5, 0.6) is 0 Å². The van der Waals surface area contributed by atoms with Crippen LogP contribution in [0.15, 0.2) is 54.2 Å². The van der Waals surface area contributed by atoms with Gasteiger partial charge in [0.2, 0.25) is 0 Å². The maximum absolute atomic E-state index is 12.4. The van der Waals surface area contributed by atoms with Crippen molar-refractivity contribution in [1.29, 1.82) is 5.26 Å². The van der Waals surface area contributed by atoms with Gasteiger partial charge in [0.15, 0.2) is 0 Å². The highest BCUT2D eigenvalue weighted by molar-refractivity contribution is 6.07. The molecule has 0 aromatic heterocycles. The Bertz CT molecular complexity index is 814. The van der Waals surface area contributed by atoms with E-state index in [-0.39, 0.29) is 5.57 Å². The van der Waals surface area contributed by atoms with E-state index in [9.17, 15) is 10.1 Å². The van der Waals surface area contributed by atoms with Gasteiger partial charge in [-0.05, 0) is 48.6 Å². The summed E-state index contributed by atoms with van der Waals surface area (Å²) in [6, 6.07) is 15.7. The number of benzene rings is 2. The van der Waals surface area contributed by atoms with E-state index in [1.807, 2.05) is 62.4 Å². The van der Waals surface area contributed by atoms with Crippen molar-refractivity contribution in [2.45, 2.75) is 33.6 Å². The summed E-state index contributed by atoms with van der Waals surface area (Å²) in [5.41, 5.74) is 4.91. The molecular formula is C21H23N3O. The van der Waals surface area contributed by atoms with Crippen molar-refractivity contribution in [1.82, 2.24) is 0 Å². The van der Waals surface area contributed by atoms with Crippen molar-refractivity contribution in [3.63, 3.8) is 0 Å². The highest BCUT2D eigenvalue weighted by Crippen LogP contribution is 2.21. The first kappa shape index (κ1) is 18.3. The van der Waals surface area contributed by atoms with Gasteiger partial charge in [0.25, 0.3) is 5.91 Å². The van der Waals surface area contributed by atoms with Crippen molar-refractivity contribution in [2.24, 2.45) is 0 Å². The van der Waals surface area contributed by atoms with Crippen molar-refractivity contribution in [3.8, 4) is 6.07 Å². The fourth-order valence-electron chi connectivity index (χ4n) is 2.52. The van der Waals surface area contributed by atoms with Crippen LogP contribution in [0.1, 0.15) is 30.5 Å². The number of amides is 1. The van der Waals surface area contributed by atoms with Gasteiger partial charge in [-0.3, -0.25) is 4.79 Å². The highest BCUT2D eigenvalue weighted by Gasteiger charge is 2.12. The molecule has 4 nitrogen and oxygen atoms in total. The van der Waals surface area contributed by atoms with Gasteiger partial charge in [-0.2, -0.15) is 5.26 Å². The van der Waals surface area contributed by atoms with Crippen molar-refractivity contribution in [3.05, 3.63) is 70.9 Å². The first-order valence-corrected chi connectivity index (χ1v) is 8.44. The molecule has 0 atom stereocenters. The van der Waals surface area contributed by atoms with E-state index in [0.29, 0.717) is 0 Å². The van der Waals surface area contributed by atoms with Crippen LogP contribution in [0, 0.1) is 18.3 Å². The Balaban J connectivity index is 2.14. The molecule has 4 heteroatoms. The van der Waals surface area contributed by atoms with Crippen LogP contribution in [-0.4, -0.2) is 5.91 Å². The zero-order chi connectivity index (χ0) is 18.2. The Morgan fingerprint density at radius 2 is 1.84 bits per heavy atom. The summed E-state index contributed by atoms with van der Waals surface area (Å²) in [5.74, 6) is -0.413. The maximum Gasteiger partial charge on any atom is 0.267 e. The second-order valence-corrected chi connectivity index (χ2v) is 5.78. The summed E-state index contributed by atoms with van der Waals surface area (Å²) in [6.07, 6.45) is 3.23. The van der Waals surface area contributed by atoms with E-state index >= 15 is 0 Å². The number of nitriles is 1. The molecule has 2 aromatic rings. The number of rotatable bonds is 6. The van der Waals surface area contributed by atoms with Crippen LogP contribution in [0.25, 0.3) is 0 Å². The molecule has 0 aliphatic carbocycles. The molecule has 0 aliphatic heterocycles. The molecule has 0 unspecified atom stereocenters. The van der Waals surface area contributed by atoms with Gasteiger partial charge in [-0.25, -0.2) is 0 Å². The van der Waals surface area contributed by atoms with E-state index in [1.165, 1.54) is 11.8 Å². The van der Waals surface area contributed by atoms with Gasteiger partial charge in [-0.1, -0.05) is 44.2 Å². The minimum absolute atomic E-state index is 0.0323. The summed E-state index contributed by atoms with van der Waals surface area (Å²) < 4.78 is 0. The van der Waals surface area contributed by atoms with Crippen LogP contribution in [0.3, 0.4) is 0 Å². The van der Waals surface area contributed by atoms with Crippen LogP contribution >= 0.6 is 0 Å². The number of aryl methyl sites for hydroxylation is 3. The second kappa shape index (κ2) is 8.70. The molecule has 1 amide bonds. The van der Waals surface area contributed by atoms with Gasteiger partial charge < -0.3 is 10.6 Å². The molecule has 0 heterocycles. The third kappa shape index (κ3) is 4.71. The molecule has 128 valence electrons. The molecule has 0 saturated heterocycles. The predicted molar refractivity (Wildman–Crippen MR) is 102 cm³/mol. The van der Waals surface area contributed by atoms with Gasteiger partial charge in [0.05, 0.1) is 0 Å². The number of hydrogen-bond donors (Lipinski definition) is 2. The number of nitrogens with zero attached hydrogens (tertiary/aromatic N) is 1. The van der Waals surface area contributed by atoms with Gasteiger partial charge >= 0.3 is 0 Å². The zero-order valence-corrected chi connectivity index (χ0v) is 14.9. The molecule has 2 rings (SSSR count).